The molecule has 13 heavy (non-hydrogen) atoms. The summed E-state index contributed by atoms with van der Waals surface area (Å²) in [6.07, 6.45) is 2.45. The number of rotatable bonds is 4. The van der Waals surface area contributed by atoms with Gasteiger partial charge in [0.05, 0.1) is 0 Å². The Hall–Kier alpha value is -0.380. The molecule has 1 amide bonds. The number of hydrogen-bond donors (Lipinski definition) is 1. The summed E-state index contributed by atoms with van der Waals surface area (Å²) < 4.78 is 10.7. The van der Waals surface area contributed by atoms with Crippen LogP contribution in [-0.4, -0.2) is 28.7 Å². The van der Waals surface area contributed by atoms with Gasteiger partial charge in [0.2, 0.25) is 5.91 Å². The van der Waals surface area contributed by atoms with Crippen LogP contribution in [0.4, 0.5) is 0 Å². The standard InChI is InChI=1S/C9H19NO2S/c1-9(2,3)8(11)10-6-5-7-13(4)12/h5-7H2,1-4H3,(H,10,11). The molecule has 0 heterocycles. The molecule has 0 aliphatic heterocycles. The van der Waals surface area contributed by atoms with Crippen molar-refractivity contribution >= 4 is 16.7 Å². The van der Waals surface area contributed by atoms with E-state index in [1.54, 1.807) is 6.26 Å². The van der Waals surface area contributed by atoms with Crippen LogP contribution in [0.1, 0.15) is 27.2 Å². The van der Waals surface area contributed by atoms with Crippen LogP contribution in [0.2, 0.25) is 0 Å². The monoisotopic (exact) mass is 205 g/mol. The van der Waals surface area contributed by atoms with E-state index in [4.69, 9.17) is 0 Å². The van der Waals surface area contributed by atoms with E-state index in [1.165, 1.54) is 0 Å². The first kappa shape index (κ1) is 12.6. The molecule has 0 rings (SSSR count). The van der Waals surface area contributed by atoms with Gasteiger partial charge in [0.15, 0.2) is 0 Å². The fourth-order valence-electron chi connectivity index (χ4n) is 0.743. The van der Waals surface area contributed by atoms with Gasteiger partial charge in [-0.1, -0.05) is 20.8 Å². The van der Waals surface area contributed by atoms with Crippen LogP contribution in [0.5, 0.6) is 0 Å². The highest BCUT2D eigenvalue weighted by Gasteiger charge is 2.19. The number of carbonyl (C=O) groups is 1. The highest BCUT2D eigenvalue weighted by atomic mass is 32.2. The van der Waals surface area contributed by atoms with E-state index in [2.05, 4.69) is 5.32 Å². The van der Waals surface area contributed by atoms with Crippen LogP contribution in [0, 0.1) is 5.41 Å². The third-order valence-corrected chi connectivity index (χ3v) is 2.44. The summed E-state index contributed by atoms with van der Waals surface area (Å²) in [6, 6.07) is 0. The minimum atomic E-state index is -0.753. The molecule has 0 radical (unpaired) electrons. The third kappa shape index (κ3) is 6.75. The molecule has 78 valence electrons. The molecular weight excluding hydrogens is 186 g/mol. The lowest BCUT2D eigenvalue weighted by Crippen LogP contribution is -2.35. The second kappa shape index (κ2) is 5.37. The molecule has 0 aliphatic carbocycles. The minimum Gasteiger partial charge on any atom is -0.356 e. The van der Waals surface area contributed by atoms with E-state index in [-0.39, 0.29) is 11.3 Å². The fourth-order valence-corrected chi connectivity index (χ4v) is 1.29. The summed E-state index contributed by atoms with van der Waals surface area (Å²) in [7, 11) is -0.753. The Morgan fingerprint density at radius 1 is 1.38 bits per heavy atom. The van der Waals surface area contributed by atoms with Gasteiger partial charge >= 0.3 is 0 Å². The molecule has 4 heteroatoms. The highest BCUT2D eigenvalue weighted by molar-refractivity contribution is 7.84. The van der Waals surface area contributed by atoms with E-state index < -0.39 is 10.8 Å². The van der Waals surface area contributed by atoms with Crippen molar-refractivity contribution in [2.75, 3.05) is 18.6 Å². The van der Waals surface area contributed by atoms with Crippen molar-refractivity contribution in [2.45, 2.75) is 27.2 Å². The smallest absolute Gasteiger partial charge is 0.225 e. The topological polar surface area (TPSA) is 46.2 Å². The Bertz CT molecular complexity index is 196. The summed E-state index contributed by atoms with van der Waals surface area (Å²) in [5.41, 5.74) is -0.328. The van der Waals surface area contributed by atoms with Gasteiger partial charge in [0.25, 0.3) is 0 Å². The first-order chi connectivity index (χ1) is 5.84. The maximum absolute atomic E-state index is 11.3. The van der Waals surface area contributed by atoms with E-state index >= 15 is 0 Å². The maximum Gasteiger partial charge on any atom is 0.225 e. The highest BCUT2D eigenvalue weighted by Crippen LogP contribution is 2.11. The van der Waals surface area contributed by atoms with Crippen molar-refractivity contribution in [1.82, 2.24) is 5.32 Å². The van der Waals surface area contributed by atoms with Crippen molar-refractivity contribution in [2.24, 2.45) is 5.41 Å². The molecular formula is C9H19NO2S. The Kier molecular flexibility index (Phi) is 5.21. The lowest BCUT2D eigenvalue weighted by atomic mass is 9.96. The van der Waals surface area contributed by atoms with Crippen LogP contribution in [0.25, 0.3) is 0 Å². The Labute approximate surface area is 82.7 Å². The zero-order valence-corrected chi connectivity index (χ0v) is 9.66. The summed E-state index contributed by atoms with van der Waals surface area (Å²) in [5.74, 6) is 0.708. The molecule has 0 bridgehead atoms. The van der Waals surface area contributed by atoms with Crippen LogP contribution < -0.4 is 5.32 Å². The van der Waals surface area contributed by atoms with Crippen molar-refractivity contribution in [1.29, 1.82) is 0 Å². The van der Waals surface area contributed by atoms with Gasteiger partial charge in [-0.3, -0.25) is 9.00 Å². The van der Waals surface area contributed by atoms with Gasteiger partial charge in [-0.15, -0.1) is 0 Å². The van der Waals surface area contributed by atoms with Crippen molar-refractivity contribution in [3.8, 4) is 0 Å². The van der Waals surface area contributed by atoms with Crippen LogP contribution in [-0.2, 0) is 15.6 Å². The molecule has 0 aromatic carbocycles. The van der Waals surface area contributed by atoms with E-state index in [0.717, 1.165) is 6.42 Å². The number of hydrogen-bond acceptors (Lipinski definition) is 2. The Balaban J connectivity index is 3.55. The second-order valence-corrected chi connectivity index (χ2v) is 5.69. The molecule has 0 aromatic rings. The van der Waals surface area contributed by atoms with Crippen molar-refractivity contribution in [3.05, 3.63) is 0 Å². The number of carbonyl (C=O) groups excluding carboxylic acids is 1. The molecule has 0 fully saturated rings. The maximum atomic E-state index is 11.3. The van der Waals surface area contributed by atoms with Gasteiger partial charge in [0, 0.05) is 34.8 Å². The zero-order chi connectivity index (χ0) is 10.5. The average Bonchev–Trinajstić information content (AvgIpc) is 1.95. The van der Waals surface area contributed by atoms with Crippen LogP contribution >= 0.6 is 0 Å². The Morgan fingerprint density at radius 3 is 2.31 bits per heavy atom. The van der Waals surface area contributed by atoms with E-state index in [1.807, 2.05) is 20.8 Å². The summed E-state index contributed by atoms with van der Waals surface area (Å²) in [6.45, 7) is 6.25. The molecule has 0 saturated carbocycles. The van der Waals surface area contributed by atoms with Gasteiger partial charge < -0.3 is 5.32 Å². The first-order valence-corrected chi connectivity index (χ1v) is 6.15. The Morgan fingerprint density at radius 2 is 1.92 bits per heavy atom. The molecule has 1 N–H and O–H groups in total. The lowest BCUT2D eigenvalue weighted by Gasteiger charge is -2.17. The predicted octanol–water partition coefficient (Wildman–Crippen LogP) is 0.917. The van der Waals surface area contributed by atoms with Crippen LogP contribution in [0.15, 0.2) is 0 Å². The largest absolute Gasteiger partial charge is 0.356 e. The second-order valence-electron chi connectivity index (χ2n) is 4.14. The van der Waals surface area contributed by atoms with E-state index in [9.17, 15) is 9.00 Å². The molecule has 3 nitrogen and oxygen atoms in total. The number of nitrogens with one attached hydrogen (secondary N) is 1. The van der Waals surface area contributed by atoms with Gasteiger partial charge in [0.1, 0.15) is 0 Å². The minimum absolute atomic E-state index is 0.0504. The molecule has 0 aliphatic rings. The third-order valence-electron chi connectivity index (χ3n) is 1.58. The van der Waals surface area contributed by atoms with Crippen molar-refractivity contribution in [3.63, 3.8) is 0 Å². The molecule has 1 atom stereocenters. The summed E-state index contributed by atoms with van der Waals surface area (Å²) >= 11 is 0. The van der Waals surface area contributed by atoms with Gasteiger partial charge in [-0.25, -0.2) is 0 Å². The normalized spacial score (nSPS) is 13.8. The molecule has 0 spiro atoms. The first-order valence-electron chi connectivity index (χ1n) is 4.42. The fraction of sp³-hybridized carbons (Fsp3) is 0.889. The predicted molar refractivity (Wildman–Crippen MR) is 56.0 cm³/mol. The molecule has 1 unspecified atom stereocenters. The zero-order valence-electron chi connectivity index (χ0n) is 8.85. The van der Waals surface area contributed by atoms with Gasteiger partial charge in [-0.2, -0.15) is 0 Å². The quantitative estimate of drug-likeness (QED) is 0.694. The van der Waals surface area contributed by atoms with Crippen LogP contribution in [0.3, 0.4) is 0 Å². The van der Waals surface area contributed by atoms with E-state index in [0.29, 0.717) is 12.3 Å². The average molecular weight is 205 g/mol. The SMILES string of the molecule is CS(=O)CCCNC(=O)C(C)(C)C. The summed E-state index contributed by atoms with van der Waals surface area (Å²) in [4.78, 5) is 11.3. The number of amides is 1. The lowest BCUT2D eigenvalue weighted by molar-refractivity contribution is -0.128. The summed E-state index contributed by atoms with van der Waals surface area (Å²) in [5, 5.41) is 2.80. The molecule has 0 aromatic heterocycles. The van der Waals surface area contributed by atoms with Gasteiger partial charge in [-0.05, 0) is 6.42 Å². The van der Waals surface area contributed by atoms with Crippen molar-refractivity contribution < 1.29 is 9.00 Å². The molecule has 0 saturated heterocycles.